The fraction of sp³-hybridized carbons (Fsp3) is 0.571. The summed E-state index contributed by atoms with van der Waals surface area (Å²) in [7, 11) is -1.83. The lowest BCUT2D eigenvalue weighted by Crippen LogP contribution is -2.30. The van der Waals surface area contributed by atoms with Crippen molar-refractivity contribution >= 4 is 15.7 Å². The molecule has 0 aliphatic carbocycles. The van der Waals surface area contributed by atoms with Crippen LogP contribution in [0.15, 0.2) is 17.0 Å². The number of methoxy groups -OCH3 is 1. The highest BCUT2D eigenvalue weighted by Gasteiger charge is 2.33. The summed E-state index contributed by atoms with van der Waals surface area (Å²) in [5.74, 6) is 0.275. The zero-order valence-corrected chi connectivity index (χ0v) is 13.0. The summed E-state index contributed by atoms with van der Waals surface area (Å²) in [6, 6.07) is 3.35. The van der Waals surface area contributed by atoms with E-state index in [9.17, 15) is 8.42 Å². The molecule has 0 aromatic heterocycles. The van der Waals surface area contributed by atoms with Gasteiger partial charge in [-0.1, -0.05) is 0 Å². The van der Waals surface area contributed by atoms with E-state index in [0.29, 0.717) is 30.3 Å². The summed E-state index contributed by atoms with van der Waals surface area (Å²) in [5.41, 5.74) is 7.95. The van der Waals surface area contributed by atoms with Crippen molar-refractivity contribution < 1.29 is 13.2 Å². The van der Waals surface area contributed by atoms with E-state index in [1.807, 2.05) is 13.8 Å². The van der Waals surface area contributed by atoms with Crippen LogP contribution in [-0.4, -0.2) is 39.5 Å². The van der Waals surface area contributed by atoms with Crippen molar-refractivity contribution in [2.45, 2.75) is 25.2 Å². The maximum Gasteiger partial charge on any atom is 0.243 e. The quantitative estimate of drug-likeness (QED) is 0.856. The van der Waals surface area contributed by atoms with Crippen LogP contribution in [0, 0.1) is 19.8 Å². The maximum atomic E-state index is 12.7. The van der Waals surface area contributed by atoms with Crippen molar-refractivity contribution in [1.29, 1.82) is 0 Å². The molecular weight excluding hydrogens is 276 g/mol. The first-order valence-electron chi connectivity index (χ1n) is 6.72. The van der Waals surface area contributed by atoms with Gasteiger partial charge in [0.25, 0.3) is 0 Å². The Kier molecular flexibility index (Phi) is 4.36. The first kappa shape index (κ1) is 15.3. The number of aryl methyl sites for hydroxylation is 1. The lowest BCUT2D eigenvalue weighted by molar-refractivity contribution is 0.157. The second kappa shape index (κ2) is 5.71. The van der Waals surface area contributed by atoms with E-state index < -0.39 is 10.0 Å². The molecule has 5 nitrogen and oxygen atoms in total. The van der Waals surface area contributed by atoms with Gasteiger partial charge in [-0.05, 0) is 49.4 Å². The number of nitrogen functional groups attached to an aromatic ring is 1. The average Bonchev–Trinajstić information content (AvgIpc) is 2.83. The van der Waals surface area contributed by atoms with Crippen LogP contribution in [0.3, 0.4) is 0 Å². The van der Waals surface area contributed by atoms with E-state index in [2.05, 4.69) is 0 Å². The van der Waals surface area contributed by atoms with E-state index >= 15 is 0 Å². The van der Waals surface area contributed by atoms with Crippen LogP contribution >= 0.6 is 0 Å². The second-order valence-electron chi connectivity index (χ2n) is 5.43. The molecule has 0 bridgehead atoms. The van der Waals surface area contributed by atoms with Crippen molar-refractivity contribution in [2.24, 2.45) is 5.92 Å². The predicted octanol–water partition coefficient (Wildman–Crippen LogP) is 1.54. The Labute approximate surface area is 120 Å². The van der Waals surface area contributed by atoms with Gasteiger partial charge in [-0.15, -0.1) is 0 Å². The first-order chi connectivity index (χ1) is 9.36. The Morgan fingerprint density at radius 3 is 2.75 bits per heavy atom. The molecule has 0 saturated carbocycles. The van der Waals surface area contributed by atoms with Gasteiger partial charge in [0.1, 0.15) is 0 Å². The number of nitrogens with two attached hydrogens (primary N) is 1. The number of rotatable bonds is 4. The number of sulfonamides is 1. The lowest BCUT2D eigenvalue weighted by atomic mass is 10.1. The monoisotopic (exact) mass is 298 g/mol. The standard InChI is InChI=1S/C14H22N2O3S/c1-10-6-13(15)7-14(11(10)2)20(17,18)16-5-4-12(8-16)9-19-3/h6-7,12H,4-5,8-9,15H2,1-3H3. The van der Waals surface area contributed by atoms with E-state index in [4.69, 9.17) is 10.5 Å². The van der Waals surface area contributed by atoms with Crippen molar-refractivity contribution in [2.75, 3.05) is 32.5 Å². The minimum absolute atomic E-state index is 0.275. The Hall–Kier alpha value is -1.11. The van der Waals surface area contributed by atoms with Crippen molar-refractivity contribution in [3.05, 3.63) is 23.3 Å². The van der Waals surface area contributed by atoms with Gasteiger partial charge in [-0.3, -0.25) is 0 Å². The van der Waals surface area contributed by atoms with E-state index in [0.717, 1.165) is 17.5 Å². The van der Waals surface area contributed by atoms with Crippen molar-refractivity contribution in [3.63, 3.8) is 0 Å². The average molecular weight is 298 g/mol. The molecule has 1 saturated heterocycles. The summed E-state index contributed by atoms with van der Waals surface area (Å²) in [6.45, 7) is 5.36. The molecule has 6 heteroatoms. The van der Waals surface area contributed by atoms with Crippen LogP contribution in [0.1, 0.15) is 17.5 Å². The van der Waals surface area contributed by atoms with E-state index in [-0.39, 0.29) is 5.92 Å². The van der Waals surface area contributed by atoms with Gasteiger partial charge in [0.15, 0.2) is 0 Å². The van der Waals surface area contributed by atoms with Crippen LogP contribution in [0.5, 0.6) is 0 Å². The number of benzene rings is 1. The fourth-order valence-corrected chi connectivity index (χ4v) is 4.51. The lowest BCUT2D eigenvalue weighted by Gasteiger charge is -2.19. The van der Waals surface area contributed by atoms with Crippen molar-refractivity contribution in [1.82, 2.24) is 4.31 Å². The molecule has 1 aromatic rings. The van der Waals surface area contributed by atoms with Gasteiger partial charge >= 0.3 is 0 Å². The molecule has 1 aliphatic rings. The van der Waals surface area contributed by atoms with Crippen LogP contribution in [-0.2, 0) is 14.8 Å². The minimum Gasteiger partial charge on any atom is -0.399 e. The molecule has 1 unspecified atom stereocenters. The Bertz CT molecular complexity index is 599. The predicted molar refractivity (Wildman–Crippen MR) is 79.1 cm³/mol. The van der Waals surface area contributed by atoms with Crippen LogP contribution in [0.25, 0.3) is 0 Å². The molecule has 1 aliphatic heterocycles. The molecule has 1 aromatic carbocycles. The molecule has 112 valence electrons. The van der Waals surface area contributed by atoms with Gasteiger partial charge in [0.2, 0.25) is 10.0 Å². The fourth-order valence-electron chi connectivity index (χ4n) is 2.65. The van der Waals surface area contributed by atoms with Gasteiger partial charge in [-0.2, -0.15) is 4.31 Å². The summed E-state index contributed by atoms with van der Waals surface area (Å²) >= 11 is 0. The Morgan fingerprint density at radius 2 is 2.10 bits per heavy atom. The van der Waals surface area contributed by atoms with Crippen LogP contribution < -0.4 is 5.73 Å². The summed E-state index contributed by atoms with van der Waals surface area (Å²) < 4.78 is 32.1. The van der Waals surface area contributed by atoms with E-state index in [1.54, 1.807) is 19.2 Å². The Morgan fingerprint density at radius 1 is 1.40 bits per heavy atom. The molecule has 0 amide bonds. The highest BCUT2D eigenvalue weighted by molar-refractivity contribution is 7.89. The van der Waals surface area contributed by atoms with Gasteiger partial charge in [0, 0.05) is 25.9 Å². The number of ether oxygens (including phenoxy) is 1. The molecule has 0 spiro atoms. The topological polar surface area (TPSA) is 72.6 Å². The molecule has 1 heterocycles. The number of hydrogen-bond acceptors (Lipinski definition) is 4. The number of nitrogens with zero attached hydrogens (tertiary/aromatic N) is 1. The highest BCUT2D eigenvalue weighted by atomic mass is 32.2. The summed E-state index contributed by atoms with van der Waals surface area (Å²) in [4.78, 5) is 0.327. The molecule has 0 radical (unpaired) electrons. The number of hydrogen-bond donors (Lipinski definition) is 1. The molecule has 2 N–H and O–H groups in total. The van der Waals surface area contributed by atoms with Crippen LogP contribution in [0.2, 0.25) is 0 Å². The SMILES string of the molecule is COCC1CCN(S(=O)(=O)c2cc(N)cc(C)c2C)C1. The highest BCUT2D eigenvalue weighted by Crippen LogP contribution is 2.29. The zero-order chi connectivity index (χ0) is 14.9. The molecule has 2 rings (SSSR count). The second-order valence-corrected chi connectivity index (χ2v) is 7.34. The van der Waals surface area contributed by atoms with E-state index in [1.165, 1.54) is 4.31 Å². The smallest absolute Gasteiger partial charge is 0.243 e. The van der Waals surface area contributed by atoms with Crippen molar-refractivity contribution in [3.8, 4) is 0 Å². The summed E-state index contributed by atoms with van der Waals surface area (Å²) in [6.07, 6.45) is 0.841. The first-order valence-corrected chi connectivity index (χ1v) is 8.16. The normalized spacial score (nSPS) is 20.4. The Balaban J connectivity index is 2.32. The largest absolute Gasteiger partial charge is 0.399 e. The van der Waals surface area contributed by atoms with Gasteiger partial charge in [-0.25, -0.2) is 8.42 Å². The zero-order valence-electron chi connectivity index (χ0n) is 12.2. The third kappa shape index (κ3) is 2.82. The summed E-state index contributed by atoms with van der Waals surface area (Å²) in [5, 5.41) is 0. The molecule has 1 atom stereocenters. The molecule has 1 fully saturated rings. The minimum atomic E-state index is -3.47. The van der Waals surface area contributed by atoms with Gasteiger partial charge < -0.3 is 10.5 Å². The molecular formula is C14H22N2O3S. The molecule has 20 heavy (non-hydrogen) atoms. The third-order valence-electron chi connectivity index (χ3n) is 3.91. The van der Waals surface area contributed by atoms with Crippen LogP contribution in [0.4, 0.5) is 5.69 Å². The maximum absolute atomic E-state index is 12.7. The number of anilines is 1. The van der Waals surface area contributed by atoms with Gasteiger partial charge in [0.05, 0.1) is 11.5 Å². The third-order valence-corrected chi connectivity index (χ3v) is 5.90.